The first-order valence-electron chi connectivity index (χ1n) is 8.25. The normalized spacial score (nSPS) is 33.5. The van der Waals surface area contributed by atoms with Crippen molar-refractivity contribution < 1.29 is 0 Å². The molecule has 0 aromatic rings. The molecule has 0 saturated carbocycles. The maximum atomic E-state index is 6.22. The van der Waals surface area contributed by atoms with Crippen molar-refractivity contribution in [1.82, 2.24) is 14.7 Å². The minimum atomic E-state index is 0.216. The van der Waals surface area contributed by atoms with E-state index in [0.29, 0.717) is 6.04 Å². The van der Waals surface area contributed by atoms with E-state index >= 15 is 0 Å². The summed E-state index contributed by atoms with van der Waals surface area (Å²) in [4.78, 5) is 12.2. The molecule has 1 spiro atoms. The summed E-state index contributed by atoms with van der Waals surface area (Å²) in [5.74, 6) is 0.783. The van der Waals surface area contributed by atoms with Gasteiger partial charge >= 0.3 is 0 Å². The molecule has 2 saturated heterocycles. The van der Waals surface area contributed by atoms with E-state index in [1.807, 2.05) is 0 Å². The van der Waals surface area contributed by atoms with Gasteiger partial charge in [0.1, 0.15) is 0 Å². The number of nitrogens with zero attached hydrogens (tertiary/aromatic N) is 4. The molecule has 3 aliphatic heterocycles. The van der Waals surface area contributed by atoms with Gasteiger partial charge < -0.3 is 15.5 Å². The van der Waals surface area contributed by atoms with Crippen LogP contribution < -0.4 is 5.73 Å². The fourth-order valence-electron chi connectivity index (χ4n) is 4.44. The van der Waals surface area contributed by atoms with Crippen LogP contribution in [0.25, 0.3) is 0 Å². The van der Waals surface area contributed by atoms with E-state index in [2.05, 4.69) is 33.5 Å². The Labute approximate surface area is 122 Å². The Kier molecular flexibility index (Phi) is 3.91. The standard InChI is InChI=1S/C15H29N5/c1-3-18(4-2)10-11-20-14(16)17-12-15(20)7-9-19-8-5-6-13(15)19/h13H,3-12H2,1-2H3,(H2,16,17). The number of aliphatic imine (C=N–C) groups is 1. The molecule has 0 bridgehead atoms. The van der Waals surface area contributed by atoms with Crippen molar-refractivity contribution in [3.63, 3.8) is 0 Å². The highest BCUT2D eigenvalue weighted by atomic mass is 15.4. The summed E-state index contributed by atoms with van der Waals surface area (Å²) in [6.45, 7) is 12.2. The molecule has 0 aliphatic carbocycles. The second-order valence-corrected chi connectivity index (χ2v) is 6.40. The van der Waals surface area contributed by atoms with Crippen molar-refractivity contribution in [3.8, 4) is 0 Å². The van der Waals surface area contributed by atoms with Gasteiger partial charge in [0.2, 0.25) is 0 Å². The second-order valence-electron chi connectivity index (χ2n) is 6.40. The first-order chi connectivity index (χ1) is 9.71. The van der Waals surface area contributed by atoms with Gasteiger partial charge in [0.15, 0.2) is 5.96 Å². The minimum Gasteiger partial charge on any atom is -0.370 e. The third-order valence-electron chi connectivity index (χ3n) is 5.68. The quantitative estimate of drug-likeness (QED) is 0.799. The summed E-state index contributed by atoms with van der Waals surface area (Å²) in [5, 5.41) is 0. The fraction of sp³-hybridized carbons (Fsp3) is 0.933. The van der Waals surface area contributed by atoms with Crippen LogP contribution in [0.4, 0.5) is 0 Å². The van der Waals surface area contributed by atoms with Crippen molar-refractivity contribution >= 4 is 5.96 Å². The van der Waals surface area contributed by atoms with Crippen molar-refractivity contribution in [2.24, 2.45) is 10.7 Å². The highest BCUT2D eigenvalue weighted by Gasteiger charge is 2.55. The van der Waals surface area contributed by atoms with Gasteiger partial charge in [0, 0.05) is 25.7 Å². The van der Waals surface area contributed by atoms with Crippen LogP contribution in [0.3, 0.4) is 0 Å². The molecule has 3 rings (SSSR count). The van der Waals surface area contributed by atoms with Crippen molar-refractivity contribution in [2.45, 2.75) is 44.7 Å². The average molecular weight is 279 g/mol. The first-order valence-corrected chi connectivity index (χ1v) is 8.25. The van der Waals surface area contributed by atoms with Crippen LogP contribution >= 0.6 is 0 Å². The Morgan fingerprint density at radius 3 is 2.90 bits per heavy atom. The molecular formula is C15H29N5. The zero-order chi connectivity index (χ0) is 14.2. The molecule has 0 aromatic heterocycles. The topological polar surface area (TPSA) is 48.1 Å². The zero-order valence-electron chi connectivity index (χ0n) is 13.0. The number of likely N-dealkylation sites (N-methyl/N-ethyl adjacent to an activating group) is 1. The lowest BCUT2D eigenvalue weighted by atomic mass is 9.87. The van der Waals surface area contributed by atoms with Gasteiger partial charge in [-0.15, -0.1) is 0 Å². The third kappa shape index (κ3) is 2.11. The van der Waals surface area contributed by atoms with Crippen LogP contribution in [0.5, 0.6) is 0 Å². The zero-order valence-corrected chi connectivity index (χ0v) is 13.0. The molecule has 20 heavy (non-hydrogen) atoms. The molecule has 0 amide bonds. The summed E-state index contributed by atoms with van der Waals surface area (Å²) in [6, 6.07) is 0.684. The molecule has 114 valence electrons. The summed E-state index contributed by atoms with van der Waals surface area (Å²) in [5.41, 5.74) is 6.44. The van der Waals surface area contributed by atoms with Crippen LogP contribution in [0.1, 0.15) is 33.1 Å². The van der Waals surface area contributed by atoms with E-state index in [9.17, 15) is 0 Å². The Bertz CT molecular complexity index is 378. The number of hydrogen-bond acceptors (Lipinski definition) is 5. The Hall–Kier alpha value is -0.810. The summed E-state index contributed by atoms with van der Waals surface area (Å²) < 4.78 is 0. The van der Waals surface area contributed by atoms with Gasteiger partial charge in [-0.3, -0.25) is 9.89 Å². The number of guanidine groups is 1. The molecule has 3 aliphatic rings. The number of rotatable bonds is 5. The molecule has 2 N–H and O–H groups in total. The Balaban J connectivity index is 1.71. The Morgan fingerprint density at radius 1 is 1.35 bits per heavy atom. The van der Waals surface area contributed by atoms with Gasteiger partial charge in [-0.2, -0.15) is 0 Å². The number of nitrogens with two attached hydrogens (primary N) is 1. The molecule has 3 heterocycles. The van der Waals surface area contributed by atoms with Crippen molar-refractivity contribution in [1.29, 1.82) is 0 Å². The van der Waals surface area contributed by atoms with Crippen molar-refractivity contribution in [2.75, 3.05) is 45.8 Å². The van der Waals surface area contributed by atoms with Gasteiger partial charge in [-0.05, 0) is 38.9 Å². The molecular weight excluding hydrogens is 250 g/mol. The largest absolute Gasteiger partial charge is 0.370 e. The van der Waals surface area contributed by atoms with E-state index in [4.69, 9.17) is 5.73 Å². The third-order valence-corrected chi connectivity index (χ3v) is 5.68. The van der Waals surface area contributed by atoms with Crippen LogP contribution in [0.15, 0.2) is 4.99 Å². The highest BCUT2D eigenvalue weighted by molar-refractivity contribution is 5.81. The molecule has 2 fully saturated rings. The van der Waals surface area contributed by atoms with Crippen LogP contribution in [-0.2, 0) is 0 Å². The van der Waals surface area contributed by atoms with Crippen LogP contribution in [-0.4, -0.2) is 78.1 Å². The van der Waals surface area contributed by atoms with Gasteiger partial charge in [-0.1, -0.05) is 13.8 Å². The molecule has 2 unspecified atom stereocenters. The minimum absolute atomic E-state index is 0.216. The maximum Gasteiger partial charge on any atom is 0.191 e. The predicted octanol–water partition coefficient (Wildman–Crippen LogP) is 0.565. The monoisotopic (exact) mass is 279 g/mol. The van der Waals surface area contributed by atoms with E-state index in [1.165, 1.54) is 32.4 Å². The molecule has 0 aromatic carbocycles. The number of fused-ring (bicyclic) bond motifs is 2. The number of hydrogen-bond donors (Lipinski definition) is 1. The lowest BCUT2D eigenvalue weighted by molar-refractivity contribution is 0.133. The first kappa shape index (κ1) is 14.1. The average Bonchev–Trinajstić information content (AvgIpc) is 3.12. The van der Waals surface area contributed by atoms with Gasteiger partial charge in [0.25, 0.3) is 0 Å². The summed E-state index contributed by atoms with van der Waals surface area (Å²) >= 11 is 0. The predicted molar refractivity (Wildman–Crippen MR) is 82.9 cm³/mol. The maximum absolute atomic E-state index is 6.22. The smallest absolute Gasteiger partial charge is 0.191 e. The van der Waals surface area contributed by atoms with Crippen LogP contribution in [0.2, 0.25) is 0 Å². The molecule has 2 atom stereocenters. The van der Waals surface area contributed by atoms with Crippen molar-refractivity contribution in [3.05, 3.63) is 0 Å². The lowest BCUT2D eigenvalue weighted by Gasteiger charge is -2.41. The second kappa shape index (κ2) is 5.53. The van der Waals surface area contributed by atoms with Gasteiger partial charge in [0.05, 0.1) is 12.1 Å². The molecule has 5 heteroatoms. The molecule has 0 radical (unpaired) electrons. The van der Waals surface area contributed by atoms with Gasteiger partial charge in [-0.25, -0.2) is 0 Å². The SMILES string of the molecule is CCN(CC)CCN1C(N)=NCC12CCN1CCCC12. The molecule has 5 nitrogen and oxygen atoms in total. The van der Waals surface area contributed by atoms with E-state index < -0.39 is 0 Å². The van der Waals surface area contributed by atoms with Crippen LogP contribution in [0, 0.1) is 0 Å². The van der Waals surface area contributed by atoms with E-state index in [1.54, 1.807) is 0 Å². The highest BCUT2D eigenvalue weighted by Crippen LogP contribution is 2.42. The fourth-order valence-corrected chi connectivity index (χ4v) is 4.44. The summed E-state index contributed by atoms with van der Waals surface area (Å²) in [6.07, 6.45) is 3.90. The lowest BCUT2D eigenvalue weighted by Crippen LogP contribution is -2.58. The Morgan fingerprint density at radius 2 is 2.15 bits per heavy atom. The van der Waals surface area contributed by atoms with E-state index in [-0.39, 0.29) is 5.54 Å². The van der Waals surface area contributed by atoms with E-state index in [0.717, 1.165) is 38.7 Å². The summed E-state index contributed by atoms with van der Waals surface area (Å²) in [7, 11) is 0.